The van der Waals surface area contributed by atoms with Crippen LogP contribution in [0.2, 0.25) is 0 Å². The molecule has 27 heavy (non-hydrogen) atoms. The van der Waals surface area contributed by atoms with E-state index in [0.717, 1.165) is 0 Å². The number of nitrogens with one attached hydrogen (secondary N) is 1. The molecule has 1 aromatic heterocycles. The number of nitrogens with zero attached hydrogens (tertiary/aromatic N) is 2. The van der Waals surface area contributed by atoms with Crippen molar-refractivity contribution >= 4 is 13.0 Å². The smallest absolute Gasteiger partial charge is 0.336 e. The van der Waals surface area contributed by atoms with Crippen molar-refractivity contribution in [3.63, 3.8) is 0 Å². The molecule has 3 rings (SSSR count). The number of benzene rings is 2. The lowest BCUT2D eigenvalue weighted by Gasteiger charge is -2.16. The molecule has 0 aliphatic rings. The highest BCUT2D eigenvalue weighted by Gasteiger charge is 2.38. The van der Waals surface area contributed by atoms with E-state index in [0.29, 0.717) is 16.8 Å². The molecular formula is C17H14F4N3O2P. The van der Waals surface area contributed by atoms with Gasteiger partial charge in [0, 0.05) is 24.1 Å². The molecule has 2 aromatic carbocycles. The summed E-state index contributed by atoms with van der Waals surface area (Å²) in [6, 6.07) is 11.9. The molecule has 0 aliphatic heterocycles. The Bertz CT molecular complexity index is 986. The minimum absolute atomic E-state index is 0.170. The predicted molar refractivity (Wildman–Crippen MR) is 92.0 cm³/mol. The summed E-state index contributed by atoms with van der Waals surface area (Å²) in [6.45, 7) is 1.53. The highest BCUT2D eigenvalue weighted by Crippen LogP contribution is 2.45. The summed E-state index contributed by atoms with van der Waals surface area (Å²) in [4.78, 5) is 3.31. The summed E-state index contributed by atoms with van der Waals surface area (Å²) in [5.41, 5.74) is 1.43. The van der Waals surface area contributed by atoms with Crippen LogP contribution in [0.4, 0.5) is 23.2 Å². The van der Waals surface area contributed by atoms with E-state index in [4.69, 9.17) is 0 Å². The molecule has 0 bridgehead atoms. The van der Waals surface area contributed by atoms with Crippen molar-refractivity contribution in [1.29, 1.82) is 0 Å². The van der Waals surface area contributed by atoms with Crippen LogP contribution in [0.5, 0.6) is 0 Å². The number of hydrogen-bond donors (Lipinski definition) is 1. The molecule has 142 valence electrons. The van der Waals surface area contributed by atoms with E-state index in [1.165, 1.54) is 37.0 Å². The number of hydrogen-bond acceptors (Lipinski definition) is 4. The SMILES string of the molecule is CP(=O)(Cc1ccc(-c2noc(C(F)(F)F)n2)cc1)Nc1cccc(F)c1. The summed E-state index contributed by atoms with van der Waals surface area (Å²) >= 11 is 0. The Labute approximate surface area is 151 Å². The van der Waals surface area contributed by atoms with Gasteiger partial charge in [-0.2, -0.15) is 18.2 Å². The summed E-state index contributed by atoms with van der Waals surface area (Å²) in [7, 11) is -2.88. The average molecular weight is 399 g/mol. The van der Waals surface area contributed by atoms with Crippen LogP contribution in [-0.2, 0) is 16.9 Å². The zero-order valence-corrected chi connectivity index (χ0v) is 14.9. The van der Waals surface area contributed by atoms with Crippen molar-refractivity contribution in [3.8, 4) is 11.4 Å². The van der Waals surface area contributed by atoms with Gasteiger partial charge in [0.25, 0.3) is 0 Å². The van der Waals surface area contributed by atoms with Gasteiger partial charge in [-0.3, -0.25) is 0 Å². The molecule has 0 amide bonds. The molecule has 1 heterocycles. The van der Waals surface area contributed by atoms with Crippen molar-refractivity contribution in [1.82, 2.24) is 10.1 Å². The molecule has 5 nitrogen and oxygen atoms in total. The van der Waals surface area contributed by atoms with E-state index in [-0.39, 0.29) is 12.0 Å². The predicted octanol–water partition coefficient (Wildman–Crippen LogP) is 5.41. The van der Waals surface area contributed by atoms with Gasteiger partial charge in [0.05, 0.1) is 0 Å². The van der Waals surface area contributed by atoms with Crippen LogP contribution < -0.4 is 5.09 Å². The highest BCUT2D eigenvalue weighted by molar-refractivity contribution is 7.63. The van der Waals surface area contributed by atoms with E-state index in [1.54, 1.807) is 18.2 Å². The van der Waals surface area contributed by atoms with E-state index in [1.807, 2.05) is 0 Å². The maximum absolute atomic E-state index is 13.2. The zero-order valence-electron chi connectivity index (χ0n) is 14.0. The molecule has 10 heteroatoms. The first-order valence-corrected chi connectivity index (χ1v) is 10.1. The van der Waals surface area contributed by atoms with E-state index in [9.17, 15) is 22.1 Å². The van der Waals surface area contributed by atoms with Gasteiger partial charge in [0.15, 0.2) is 7.29 Å². The number of alkyl halides is 3. The largest absolute Gasteiger partial charge is 0.471 e. The monoisotopic (exact) mass is 399 g/mol. The fraction of sp³-hybridized carbons (Fsp3) is 0.176. The quantitative estimate of drug-likeness (QED) is 0.459. The molecule has 0 saturated heterocycles. The van der Waals surface area contributed by atoms with E-state index >= 15 is 0 Å². The maximum atomic E-state index is 13.2. The molecule has 0 radical (unpaired) electrons. The first-order valence-electron chi connectivity index (χ1n) is 7.73. The topological polar surface area (TPSA) is 68.0 Å². The van der Waals surface area contributed by atoms with Crippen LogP contribution >= 0.6 is 7.29 Å². The van der Waals surface area contributed by atoms with Gasteiger partial charge < -0.3 is 14.2 Å². The fourth-order valence-electron chi connectivity index (χ4n) is 2.43. The molecule has 0 fully saturated rings. The Kier molecular flexibility index (Phi) is 5.06. The number of anilines is 1. The second-order valence-electron chi connectivity index (χ2n) is 6.00. The van der Waals surface area contributed by atoms with Gasteiger partial charge >= 0.3 is 12.1 Å². The van der Waals surface area contributed by atoms with Crippen LogP contribution in [0, 0.1) is 5.82 Å². The first-order chi connectivity index (χ1) is 12.6. The third-order valence-electron chi connectivity index (χ3n) is 3.56. The Morgan fingerprint density at radius 1 is 1.15 bits per heavy atom. The van der Waals surface area contributed by atoms with Crippen molar-refractivity contribution in [2.75, 3.05) is 11.8 Å². The third-order valence-corrected chi connectivity index (χ3v) is 5.25. The lowest BCUT2D eigenvalue weighted by Crippen LogP contribution is -2.04. The Morgan fingerprint density at radius 3 is 2.44 bits per heavy atom. The third kappa shape index (κ3) is 4.95. The summed E-state index contributed by atoms with van der Waals surface area (Å²) in [5.74, 6) is -2.05. The molecule has 0 spiro atoms. The van der Waals surface area contributed by atoms with Gasteiger partial charge in [-0.05, 0) is 23.8 Å². The van der Waals surface area contributed by atoms with Crippen LogP contribution in [0.1, 0.15) is 11.5 Å². The van der Waals surface area contributed by atoms with E-state index in [2.05, 4.69) is 19.8 Å². The second kappa shape index (κ2) is 7.15. The van der Waals surface area contributed by atoms with Crippen LogP contribution in [0.3, 0.4) is 0 Å². The Balaban J connectivity index is 1.71. The second-order valence-corrected chi connectivity index (χ2v) is 8.74. The summed E-state index contributed by atoms with van der Waals surface area (Å²) in [6.07, 6.45) is -4.54. The maximum Gasteiger partial charge on any atom is 0.471 e. The van der Waals surface area contributed by atoms with Gasteiger partial charge in [0.2, 0.25) is 5.82 Å². The molecule has 3 aromatic rings. The number of rotatable bonds is 5. The summed E-state index contributed by atoms with van der Waals surface area (Å²) < 4.78 is 67.7. The molecular weight excluding hydrogens is 385 g/mol. The fourth-order valence-corrected chi connectivity index (χ4v) is 4.11. The van der Waals surface area contributed by atoms with Crippen molar-refractivity contribution in [3.05, 3.63) is 65.8 Å². The number of halogens is 4. The van der Waals surface area contributed by atoms with E-state index < -0.39 is 25.2 Å². The standard InChI is InChI=1S/C17H14F4N3O2P/c1-27(25,24-14-4-2-3-13(18)9-14)10-11-5-7-12(8-6-11)15-22-16(26-23-15)17(19,20)21/h2-9H,10H2,1H3,(H,24,25). The molecule has 0 aliphatic carbocycles. The van der Waals surface area contributed by atoms with Crippen molar-refractivity contribution in [2.45, 2.75) is 12.3 Å². The van der Waals surface area contributed by atoms with Crippen molar-refractivity contribution < 1.29 is 26.6 Å². The van der Waals surface area contributed by atoms with Gasteiger partial charge in [0.1, 0.15) is 5.82 Å². The van der Waals surface area contributed by atoms with Crippen LogP contribution in [-0.4, -0.2) is 16.8 Å². The Morgan fingerprint density at radius 2 is 1.85 bits per heavy atom. The van der Waals surface area contributed by atoms with Gasteiger partial charge in [-0.25, -0.2) is 4.39 Å². The summed E-state index contributed by atoms with van der Waals surface area (Å²) in [5, 5.41) is 6.14. The van der Waals surface area contributed by atoms with Crippen LogP contribution in [0.15, 0.2) is 53.1 Å². The minimum Gasteiger partial charge on any atom is -0.336 e. The molecule has 1 atom stereocenters. The minimum atomic E-state index is -4.71. The first kappa shape index (κ1) is 19.1. The molecule has 1 N–H and O–H groups in total. The number of aromatic nitrogens is 2. The molecule has 1 unspecified atom stereocenters. The lowest BCUT2D eigenvalue weighted by molar-refractivity contribution is -0.159. The van der Waals surface area contributed by atoms with Gasteiger partial charge in [-0.1, -0.05) is 35.5 Å². The normalized spacial score (nSPS) is 14.0. The average Bonchev–Trinajstić information content (AvgIpc) is 3.05. The highest BCUT2D eigenvalue weighted by atomic mass is 31.2. The molecule has 0 saturated carbocycles. The van der Waals surface area contributed by atoms with Crippen molar-refractivity contribution in [2.24, 2.45) is 0 Å². The Hall–Kier alpha value is -2.67. The lowest BCUT2D eigenvalue weighted by atomic mass is 10.1. The zero-order chi connectivity index (χ0) is 19.7. The van der Waals surface area contributed by atoms with Crippen LogP contribution in [0.25, 0.3) is 11.4 Å². The van der Waals surface area contributed by atoms with Gasteiger partial charge in [-0.15, -0.1) is 0 Å².